The largest absolute Gasteiger partial charge is 0.456 e. The predicted molar refractivity (Wildman–Crippen MR) is 282 cm³/mol. The molecule has 0 bridgehead atoms. The van der Waals surface area contributed by atoms with Crippen molar-refractivity contribution in [1.29, 1.82) is 0 Å². The van der Waals surface area contributed by atoms with E-state index in [9.17, 15) is 0 Å². The monoisotopic (exact) mass is 854 g/mol. The Morgan fingerprint density at radius 2 is 0.806 bits per heavy atom. The molecule has 0 saturated heterocycles. The minimum Gasteiger partial charge on any atom is -0.456 e. The van der Waals surface area contributed by atoms with Crippen molar-refractivity contribution in [1.82, 2.24) is 4.57 Å². The summed E-state index contributed by atoms with van der Waals surface area (Å²) in [6.45, 7) is 0. The molecule has 314 valence electrons. The van der Waals surface area contributed by atoms with Crippen molar-refractivity contribution in [2.24, 2.45) is 0 Å². The zero-order valence-corrected chi connectivity index (χ0v) is 36.6. The molecule has 0 amide bonds. The van der Waals surface area contributed by atoms with Crippen LogP contribution in [0.1, 0.15) is 0 Å². The molecule has 0 aliphatic heterocycles. The third kappa shape index (κ3) is 6.76. The molecule has 0 unspecified atom stereocenters. The standard InChI is InChI=1S/C64H42N2O/c1-2-13-48-40-51(29-28-43(48)12-1)55-16-3-7-20-60(55)65(53-37-32-47(33-38-53)50-34-39-59-58-19-6-10-23-63(58)67-64(59)42-50)52-35-30-45(31-36-52)44-24-26-46(27-25-44)49-14-11-15-54(41-49)66-61-21-8-4-17-56(61)57-18-5-9-22-62(57)66/h1-42H. The number of nitrogens with zero attached hydrogens (tertiary/aromatic N) is 2. The fourth-order valence-electron chi connectivity index (χ4n) is 10.1. The van der Waals surface area contributed by atoms with Crippen molar-refractivity contribution < 1.29 is 4.42 Å². The third-order valence-corrected chi connectivity index (χ3v) is 13.4. The summed E-state index contributed by atoms with van der Waals surface area (Å²) in [5.74, 6) is 0. The second-order valence-electron chi connectivity index (χ2n) is 17.3. The second-order valence-corrected chi connectivity index (χ2v) is 17.3. The van der Waals surface area contributed by atoms with Crippen LogP contribution in [0.25, 0.3) is 105 Å². The molecular weight excluding hydrogens is 813 g/mol. The van der Waals surface area contributed by atoms with Crippen LogP contribution in [0.3, 0.4) is 0 Å². The number of hydrogen-bond donors (Lipinski definition) is 0. The van der Waals surface area contributed by atoms with Crippen LogP contribution in [0.4, 0.5) is 17.1 Å². The van der Waals surface area contributed by atoms with Gasteiger partial charge >= 0.3 is 0 Å². The average Bonchev–Trinajstić information content (AvgIpc) is 3.95. The van der Waals surface area contributed by atoms with E-state index in [0.717, 1.165) is 66.9 Å². The minimum atomic E-state index is 0.896. The van der Waals surface area contributed by atoms with Gasteiger partial charge in [0.05, 0.1) is 16.7 Å². The molecule has 67 heavy (non-hydrogen) atoms. The fraction of sp³-hybridized carbons (Fsp3) is 0. The van der Waals surface area contributed by atoms with Crippen molar-refractivity contribution in [3.05, 3.63) is 255 Å². The Morgan fingerprint density at radius 3 is 1.51 bits per heavy atom. The van der Waals surface area contributed by atoms with Crippen LogP contribution in [0, 0.1) is 0 Å². The summed E-state index contributed by atoms with van der Waals surface area (Å²) < 4.78 is 8.65. The fourth-order valence-corrected chi connectivity index (χ4v) is 10.1. The van der Waals surface area contributed by atoms with Crippen LogP contribution < -0.4 is 4.90 Å². The first-order chi connectivity index (χ1) is 33.2. The Hall–Kier alpha value is -8.92. The molecule has 0 spiro atoms. The van der Waals surface area contributed by atoms with Gasteiger partial charge < -0.3 is 13.9 Å². The van der Waals surface area contributed by atoms with Gasteiger partial charge in [0, 0.05) is 44.2 Å². The Kier molecular flexibility index (Phi) is 9.17. The topological polar surface area (TPSA) is 21.3 Å². The Labute approximate surface area is 388 Å². The van der Waals surface area contributed by atoms with Gasteiger partial charge in [-0.05, 0) is 129 Å². The van der Waals surface area contributed by atoms with E-state index in [1.165, 1.54) is 54.8 Å². The van der Waals surface area contributed by atoms with Gasteiger partial charge in [0.1, 0.15) is 11.2 Å². The lowest BCUT2D eigenvalue weighted by atomic mass is 9.97. The highest BCUT2D eigenvalue weighted by atomic mass is 16.3. The van der Waals surface area contributed by atoms with Gasteiger partial charge in [0.25, 0.3) is 0 Å². The van der Waals surface area contributed by atoms with E-state index in [0.29, 0.717) is 0 Å². The Morgan fingerprint density at radius 1 is 0.299 bits per heavy atom. The van der Waals surface area contributed by atoms with E-state index in [1.807, 2.05) is 12.1 Å². The Balaban J connectivity index is 0.847. The van der Waals surface area contributed by atoms with Gasteiger partial charge in [0.15, 0.2) is 0 Å². The van der Waals surface area contributed by atoms with E-state index in [4.69, 9.17) is 4.42 Å². The molecule has 0 aliphatic rings. The lowest BCUT2D eigenvalue weighted by Crippen LogP contribution is -2.11. The first kappa shape index (κ1) is 38.5. The molecule has 0 saturated carbocycles. The van der Waals surface area contributed by atoms with Crippen LogP contribution in [-0.4, -0.2) is 4.57 Å². The number of benzene rings is 11. The lowest BCUT2D eigenvalue weighted by molar-refractivity contribution is 0.669. The normalized spacial score (nSPS) is 11.6. The lowest BCUT2D eigenvalue weighted by Gasteiger charge is -2.28. The van der Waals surface area contributed by atoms with Gasteiger partial charge in [0.2, 0.25) is 0 Å². The number of fused-ring (bicyclic) bond motifs is 7. The zero-order chi connectivity index (χ0) is 44.3. The van der Waals surface area contributed by atoms with Crippen LogP contribution >= 0.6 is 0 Å². The van der Waals surface area contributed by atoms with Gasteiger partial charge in [-0.25, -0.2) is 0 Å². The Bertz CT molecular complexity index is 3920. The number of para-hydroxylation sites is 4. The number of aromatic nitrogens is 1. The molecule has 0 atom stereocenters. The summed E-state index contributed by atoms with van der Waals surface area (Å²) >= 11 is 0. The first-order valence-electron chi connectivity index (χ1n) is 22.9. The van der Waals surface area contributed by atoms with E-state index >= 15 is 0 Å². The van der Waals surface area contributed by atoms with E-state index < -0.39 is 0 Å². The molecule has 11 aromatic carbocycles. The van der Waals surface area contributed by atoms with Gasteiger partial charge in [-0.3, -0.25) is 0 Å². The summed E-state index contributed by atoms with van der Waals surface area (Å²) in [7, 11) is 0. The predicted octanol–water partition coefficient (Wildman–Crippen LogP) is 18.0. The quantitative estimate of drug-likeness (QED) is 0.152. The number of anilines is 3. The van der Waals surface area contributed by atoms with Crippen molar-refractivity contribution in [2.75, 3.05) is 4.90 Å². The van der Waals surface area contributed by atoms with E-state index in [2.05, 4.69) is 252 Å². The van der Waals surface area contributed by atoms with Crippen molar-refractivity contribution in [2.45, 2.75) is 0 Å². The number of hydrogen-bond acceptors (Lipinski definition) is 2. The zero-order valence-electron chi connectivity index (χ0n) is 36.6. The smallest absolute Gasteiger partial charge is 0.136 e. The SMILES string of the molecule is c1cc(-c2ccc(-c3ccc(N(c4ccc(-c5ccc6c(c5)oc5ccccc56)cc4)c4ccccc4-c4ccc5ccccc5c4)cc3)cc2)cc(-n2c3ccccc3c3ccccc32)c1. The summed E-state index contributed by atoms with van der Waals surface area (Å²) in [6, 6.07) is 92.0. The molecule has 2 aromatic heterocycles. The molecule has 0 aliphatic carbocycles. The molecule has 3 nitrogen and oxygen atoms in total. The molecular formula is C64H42N2O. The van der Waals surface area contributed by atoms with E-state index in [-0.39, 0.29) is 0 Å². The molecule has 0 radical (unpaired) electrons. The average molecular weight is 855 g/mol. The molecule has 2 heterocycles. The van der Waals surface area contributed by atoms with Gasteiger partial charge in [-0.15, -0.1) is 0 Å². The van der Waals surface area contributed by atoms with Crippen LogP contribution in [0.2, 0.25) is 0 Å². The summed E-state index contributed by atoms with van der Waals surface area (Å²) in [4.78, 5) is 2.38. The minimum absolute atomic E-state index is 0.896. The van der Waals surface area contributed by atoms with Crippen LogP contribution in [-0.2, 0) is 0 Å². The van der Waals surface area contributed by atoms with Gasteiger partial charge in [-0.2, -0.15) is 0 Å². The summed E-state index contributed by atoms with van der Waals surface area (Å²) in [5, 5.41) is 7.26. The maximum Gasteiger partial charge on any atom is 0.136 e. The van der Waals surface area contributed by atoms with Crippen molar-refractivity contribution >= 4 is 71.6 Å². The molecule has 13 aromatic rings. The van der Waals surface area contributed by atoms with Crippen LogP contribution in [0.15, 0.2) is 259 Å². The van der Waals surface area contributed by atoms with Crippen LogP contribution in [0.5, 0.6) is 0 Å². The maximum atomic E-state index is 6.27. The maximum absolute atomic E-state index is 6.27. The second kappa shape index (κ2) is 16.0. The highest BCUT2D eigenvalue weighted by Crippen LogP contribution is 2.43. The number of rotatable bonds is 8. The molecule has 3 heteroatoms. The highest BCUT2D eigenvalue weighted by Gasteiger charge is 2.19. The molecule has 0 fully saturated rings. The summed E-state index contributed by atoms with van der Waals surface area (Å²) in [6.07, 6.45) is 0. The summed E-state index contributed by atoms with van der Waals surface area (Å²) in [5.41, 5.74) is 17.9. The van der Waals surface area contributed by atoms with Crippen molar-refractivity contribution in [3.63, 3.8) is 0 Å². The first-order valence-corrected chi connectivity index (χ1v) is 22.9. The highest BCUT2D eigenvalue weighted by molar-refractivity contribution is 6.09. The third-order valence-electron chi connectivity index (χ3n) is 13.4. The molecule has 13 rings (SSSR count). The van der Waals surface area contributed by atoms with E-state index in [1.54, 1.807) is 0 Å². The number of furan rings is 1. The van der Waals surface area contributed by atoms with Crippen molar-refractivity contribution in [3.8, 4) is 50.2 Å². The van der Waals surface area contributed by atoms with Gasteiger partial charge in [-0.1, -0.05) is 176 Å². The molecule has 0 N–H and O–H groups in total.